The van der Waals surface area contributed by atoms with E-state index in [1.807, 2.05) is 4.90 Å². The molecule has 132 valence electrons. The number of aliphatic imine (C=N–C) groups is 1. The molecule has 0 saturated heterocycles. The van der Waals surface area contributed by atoms with E-state index in [2.05, 4.69) is 53.7 Å². The Morgan fingerprint density at radius 3 is 2.96 bits per heavy atom. The first-order chi connectivity index (χ1) is 12.2. The summed E-state index contributed by atoms with van der Waals surface area (Å²) in [5.74, 6) is 1.02. The average molecular weight is 338 g/mol. The van der Waals surface area contributed by atoms with E-state index in [0.717, 1.165) is 37.3 Å². The number of nitrogens with zero attached hydrogens (tertiary/aromatic N) is 2. The highest BCUT2D eigenvalue weighted by Crippen LogP contribution is 2.41. The SMILES string of the molecule is CCN(C(=O)C1C[C@@H]1C)c1ccc2c(c1)/C(=C/C1CN=CN1)CCN2. The fourth-order valence-electron chi connectivity index (χ4n) is 3.80. The molecule has 1 saturated carbocycles. The molecule has 0 spiro atoms. The normalized spacial score (nSPS) is 28.2. The number of carbonyl (C=O) groups excluding carboxylic acids is 1. The summed E-state index contributed by atoms with van der Waals surface area (Å²) >= 11 is 0. The van der Waals surface area contributed by atoms with Gasteiger partial charge >= 0.3 is 0 Å². The first kappa shape index (κ1) is 16.2. The maximum atomic E-state index is 12.7. The van der Waals surface area contributed by atoms with Gasteiger partial charge in [0, 0.05) is 35.9 Å². The largest absolute Gasteiger partial charge is 0.384 e. The van der Waals surface area contributed by atoms with Gasteiger partial charge in [-0.15, -0.1) is 0 Å². The fraction of sp³-hybridized carbons (Fsp3) is 0.500. The second-order valence-electron chi connectivity index (χ2n) is 7.27. The van der Waals surface area contributed by atoms with Crippen molar-refractivity contribution in [1.29, 1.82) is 0 Å². The smallest absolute Gasteiger partial charge is 0.230 e. The third kappa shape index (κ3) is 3.15. The van der Waals surface area contributed by atoms with Crippen molar-refractivity contribution in [3.05, 3.63) is 29.8 Å². The molecule has 0 radical (unpaired) electrons. The average Bonchev–Trinajstić information content (AvgIpc) is 3.13. The predicted molar refractivity (Wildman–Crippen MR) is 103 cm³/mol. The highest BCUT2D eigenvalue weighted by molar-refractivity contribution is 5.97. The molecule has 4 rings (SSSR count). The van der Waals surface area contributed by atoms with Crippen LogP contribution in [0.3, 0.4) is 0 Å². The van der Waals surface area contributed by atoms with E-state index in [-0.39, 0.29) is 17.9 Å². The summed E-state index contributed by atoms with van der Waals surface area (Å²) in [5.41, 5.74) is 4.72. The van der Waals surface area contributed by atoms with Crippen molar-refractivity contribution in [3.63, 3.8) is 0 Å². The van der Waals surface area contributed by atoms with Crippen LogP contribution in [-0.2, 0) is 4.79 Å². The Kier molecular flexibility index (Phi) is 4.24. The van der Waals surface area contributed by atoms with E-state index in [1.165, 1.54) is 11.1 Å². The molecule has 2 N–H and O–H groups in total. The van der Waals surface area contributed by atoms with Crippen LogP contribution in [0.2, 0.25) is 0 Å². The van der Waals surface area contributed by atoms with Gasteiger partial charge in [0.2, 0.25) is 5.91 Å². The summed E-state index contributed by atoms with van der Waals surface area (Å²) in [4.78, 5) is 18.9. The molecular formula is C20H26N4O. The summed E-state index contributed by atoms with van der Waals surface area (Å²) in [7, 11) is 0. The zero-order chi connectivity index (χ0) is 17.4. The lowest BCUT2D eigenvalue weighted by Crippen LogP contribution is -2.32. The monoisotopic (exact) mass is 338 g/mol. The van der Waals surface area contributed by atoms with Crippen LogP contribution in [0.25, 0.3) is 5.57 Å². The van der Waals surface area contributed by atoms with Gasteiger partial charge in [0.15, 0.2) is 0 Å². The van der Waals surface area contributed by atoms with E-state index in [1.54, 1.807) is 6.34 Å². The molecule has 2 heterocycles. The summed E-state index contributed by atoms with van der Waals surface area (Å²) in [6.45, 7) is 6.67. The highest BCUT2D eigenvalue weighted by atomic mass is 16.2. The van der Waals surface area contributed by atoms with Gasteiger partial charge in [-0.25, -0.2) is 0 Å². The lowest BCUT2D eigenvalue weighted by Gasteiger charge is -2.26. The minimum Gasteiger partial charge on any atom is -0.384 e. The van der Waals surface area contributed by atoms with Crippen molar-refractivity contribution < 1.29 is 4.79 Å². The molecule has 1 aromatic rings. The molecule has 1 aromatic carbocycles. The number of benzene rings is 1. The number of fused-ring (bicyclic) bond motifs is 1. The van der Waals surface area contributed by atoms with Crippen LogP contribution in [0.4, 0.5) is 11.4 Å². The molecule has 0 aromatic heterocycles. The van der Waals surface area contributed by atoms with Gasteiger partial charge in [0.1, 0.15) is 0 Å². The summed E-state index contributed by atoms with van der Waals surface area (Å²) in [6.07, 6.45) is 6.10. The minimum absolute atomic E-state index is 0.212. The summed E-state index contributed by atoms with van der Waals surface area (Å²) in [5, 5.41) is 6.75. The molecule has 1 aliphatic carbocycles. The highest BCUT2D eigenvalue weighted by Gasteiger charge is 2.41. The van der Waals surface area contributed by atoms with Crippen LogP contribution < -0.4 is 15.5 Å². The standard InChI is InChI=1S/C20H26N4O/c1-3-24(20(25)17-8-13(17)2)16-4-5-19-18(10-16)14(6-7-22-19)9-15-11-21-12-23-15/h4-5,9-10,12-13,15,17,22H,3,6-8,11H2,1-2H3,(H,21,23)/b14-9+/t13-,15?,17?/m0/s1. The molecule has 5 nitrogen and oxygen atoms in total. The van der Waals surface area contributed by atoms with E-state index >= 15 is 0 Å². The Balaban J connectivity index is 1.64. The Morgan fingerprint density at radius 1 is 1.44 bits per heavy atom. The Hall–Kier alpha value is -2.30. The van der Waals surface area contributed by atoms with E-state index in [4.69, 9.17) is 0 Å². The van der Waals surface area contributed by atoms with Gasteiger partial charge < -0.3 is 15.5 Å². The molecule has 3 atom stereocenters. The topological polar surface area (TPSA) is 56.7 Å². The van der Waals surface area contributed by atoms with Crippen LogP contribution in [-0.4, -0.2) is 37.9 Å². The summed E-state index contributed by atoms with van der Waals surface area (Å²) in [6, 6.07) is 6.64. The molecule has 2 aliphatic heterocycles. The molecule has 2 unspecified atom stereocenters. The van der Waals surface area contributed by atoms with Crippen molar-refractivity contribution in [2.24, 2.45) is 16.8 Å². The molecule has 1 fully saturated rings. The second kappa shape index (κ2) is 6.54. The zero-order valence-corrected chi connectivity index (χ0v) is 15.0. The molecule has 0 bridgehead atoms. The van der Waals surface area contributed by atoms with Crippen LogP contribution in [0, 0.1) is 11.8 Å². The number of carbonyl (C=O) groups is 1. The quantitative estimate of drug-likeness (QED) is 0.887. The third-order valence-electron chi connectivity index (χ3n) is 5.46. The van der Waals surface area contributed by atoms with E-state index in [9.17, 15) is 4.79 Å². The Labute approximate surface area is 149 Å². The molecule has 1 amide bonds. The first-order valence-electron chi connectivity index (χ1n) is 9.32. The molecule has 5 heteroatoms. The lowest BCUT2D eigenvalue weighted by molar-refractivity contribution is -0.120. The van der Waals surface area contributed by atoms with Crippen molar-refractivity contribution >= 4 is 29.2 Å². The van der Waals surface area contributed by atoms with Gasteiger partial charge in [0.25, 0.3) is 0 Å². The van der Waals surface area contributed by atoms with Crippen molar-refractivity contribution in [2.75, 3.05) is 29.9 Å². The molecule has 25 heavy (non-hydrogen) atoms. The lowest BCUT2D eigenvalue weighted by atomic mass is 9.94. The number of nitrogens with one attached hydrogen (secondary N) is 2. The molecule has 3 aliphatic rings. The number of hydrogen-bond donors (Lipinski definition) is 2. The van der Waals surface area contributed by atoms with E-state index < -0.39 is 0 Å². The first-order valence-corrected chi connectivity index (χ1v) is 9.32. The van der Waals surface area contributed by atoms with Crippen LogP contribution >= 0.6 is 0 Å². The third-order valence-corrected chi connectivity index (χ3v) is 5.46. The van der Waals surface area contributed by atoms with Gasteiger partial charge in [0.05, 0.1) is 18.9 Å². The predicted octanol–water partition coefficient (Wildman–Crippen LogP) is 2.89. The maximum Gasteiger partial charge on any atom is 0.230 e. The number of rotatable bonds is 4. The van der Waals surface area contributed by atoms with Gasteiger partial charge in [-0.05, 0) is 49.5 Å². The van der Waals surface area contributed by atoms with Crippen molar-refractivity contribution in [2.45, 2.75) is 32.7 Å². The Bertz CT molecular complexity index is 731. The minimum atomic E-state index is 0.212. The van der Waals surface area contributed by atoms with Gasteiger partial charge in [-0.2, -0.15) is 0 Å². The van der Waals surface area contributed by atoms with Crippen molar-refractivity contribution in [3.8, 4) is 0 Å². The van der Waals surface area contributed by atoms with Crippen LogP contribution in [0.15, 0.2) is 29.3 Å². The molecular weight excluding hydrogens is 312 g/mol. The Morgan fingerprint density at radius 2 is 2.28 bits per heavy atom. The zero-order valence-electron chi connectivity index (χ0n) is 15.0. The van der Waals surface area contributed by atoms with E-state index in [0.29, 0.717) is 12.5 Å². The van der Waals surface area contributed by atoms with Gasteiger partial charge in [-0.1, -0.05) is 13.0 Å². The second-order valence-corrected chi connectivity index (χ2v) is 7.27. The number of hydrogen-bond acceptors (Lipinski definition) is 4. The van der Waals surface area contributed by atoms with Crippen LogP contribution in [0.1, 0.15) is 32.3 Å². The maximum absolute atomic E-state index is 12.7. The van der Waals surface area contributed by atoms with Gasteiger partial charge in [-0.3, -0.25) is 9.79 Å². The number of amides is 1. The number of anilines is 2. The fourth-order valence-corrected chi connectivity index (χ4v) is 3.80. The summed E-state index contributed by atoms with van der Waals surface area (Å²) < 4.78 is 0. The van der Waals surface area contributed by atoms with Crippen LogP contribution in [0.5, 0.6) is 0 Å². The van der Waals surface area contributed by atoms with Crippen molar-refractivity contribution in [1.82, 2.24) is 5.32 Å².